The molecule has 27 heavy (non-hydrogen) atoms. The number of benzene rings is 2. The second-order valence-corrected chi connectivity index (χ2v) is 5.23. The number of hydrogen-bond donors (Lipinski definition) is 1. The van der Waals surface area contributed by atoms with Crippen LogP contribution in [-0.2, 0) is 0 Å². The lowest BCUT2D eigenvalue weighted by molar-refractivity contribution is -0.0514. The van der Waals surface area contributed by atoms with E-state index in [9.17, 15) is 13.6 Å². The van der Waals surface area contributed by atoms with Crippen molar-refractivity contribution in [3.63, 3.8) is 0 Å². The van der Waals surface area contributed by atoms with Gasteiger partial charge in [0.1, 0.15) is 6.33 Å². The van der Waals surface area contributed by atoms with Crippen LogP contribution in [0, 0.1) is 0 Å². The number of amides is 1. The molecule has 0 fully saturated rings. The van der Waals surface area contributed by atoms with Gasteiger partial charge in [0.05, 0.1) is 12.3 Å². The molecule has 0 aliphatic carbocycles. The lowest BCUT2D eigenvalue weighted by Gasteiger charge is -2.13. The number of ether oxygens (including phenoxy) is 2. The third kappa shape index (κ3) is 4.54. The van der Waals surface area contributed by atoms with E-state index in [4.69, 9.17) is 4.74 Å². The highest BCUT2D eigenvalue weighted by molar-refractivity contribution is 6.04. The van der Waals surface area contributed by atoms with Crippen LogP contribution in [0.2, 0.25) is 0 Å². The number of alkyl halides is 2. The zero-order valence-corrected chi connectivity index (χ0v) is 14.2. The summed E-state index contributed by atoms with van der Waals surface area (Å²) in [6.07, 6.45) is 1.43. The fourth-order valence-electron chi connectivity index (χ4n) is 2.32. The fraction of sp³-hybridized carbons (Fsp3) is 0.176. The predicted octanol–water partition coefficient (Wildman–Crippen LogP) is 2.91. The molecule has 3 rings (SSSR count). The molecule has 8 nitrogen and oxygen atoms in total. The number of carbonyl (C=O) groups excluding carboxylic acids is 1. The van der Waals surface area contributed by atoms with Crippen molar-refractivity contribution < 1.29 is 23.0 Å². The van der Waals surface area contributed by atoms with Gasteiger partial charge in [0.25, 0.3) is 5.91 Å². The number of aromatic nitrogens is 4. The minimum Gasteiger partial charge on any atom is -0.490 e. The maximum Gasteiger partial charge on any atom is 0.387 e. The molecule has 1 N–H and O–H groups in total. The average Bonchev–Trinajstić information content (AvgIpc) is 3.18. The van der Waals surface area contributed by atoms with Crippen molar-refractivity contribution in [3.05, 3.63) is 54.4 Å². The van der Waals surface area contributed by atoms with Gasteiger partial charge in [-0.2, -0.15) is 8.78 Å². The molecule has 0 aliphatic heterocycles. The Kier molecular flexibility index (Phi) is 5.55. The molecule has 0 saturated heterocycles. The number of anilines is 1. The van der Waals surface area contributed by atoms with Gasteiger partial charge in [0.15, 0.2) is 11.5 Å². The van der Waals surface area contributed by atoms with Crippen LogP contribution in [0.5, 0.6) is 11.5 Å². The molecule has 2 aromatic carbocycles. The number of halogens is 2. The summed E-state index contributed by atoms with van der Waals surface area (Å²) in [7, 11) is 0. The summed E-state index contributed by atoms with van der Waals surface area (Å²) in [5.41, 5.74) is 1.40. The topological polar surface area (TPSA) is 91.2 Å². The standard InChI is InChI=1S/C17H15F2N5O3/c1-2-26-15-8-11(6-7-14(15)27-17(18)19)16(25)21-12-4-3-5-13(9-12)24-10-20-22-23-24/h3-10,17H,2H2,1H3,(H,21,25). The van der Waals surface area contributed by atoms with Crippen LogP contribution in [0.25, 0.3) is 5.69 Å². The van der Waals surface area contributed by atoms with E-state index in [1.165, 1.54) is 29.2 Å². The Morgan fingerprint density at radius 2 is 2.07 bits per heavy atom. The molecule has 1 amide bonds. The lowest BCUT2D eigenvalue weighted by atomic mass is 10.1. The highest BCUT2D eigenvalue weighted by Crippen LogP contribution is 2.30. The number of tetrazole rings is 1. The molecule has 0 unspecified atom stereocenters. The van der Waals surface area contributed by atoms with Crippen molar-refractivity contribution in [3.8, 4) is 17.2 Å². The van der Waals surface area contributed by atoms with Crippen molar-refractivity contribution >= 4 is 11.6 Å². The molecule has 1 aromatic heterocycles. The summed E-state index contributed by atoms with van der Waals surface area (Å²) < 4.78 is 36.1. The minimum absolute atomic E-state index is 0.0629. The smallest absolute Gasteiger partial charge is 0.387 e. The quantitative estimate of drug-likeness (QED) is 0.683. The van der Waals surface area contributed by atoms with Crippen LogP contribution in [0.15, 0.2) is 48.8 Å². The van der Waals surface area contributed by atoms with Crippen LogP contribution in [0.1, 0.15) is 17.3 Å². The van der Waals surface area contributed by atoms with E-state index in [2.05, 4.69) is 25.6 Å². The molecule has 0 aliphatic rings. The SMILES string of the molecule is CCOc1cc(C(=O)Nc2cccc(-n3cnnn3)c2)ccc1OC(F)F. The number of carbonyl (C=O) groups is 1. The van der Waals surface area contributed by atoms with Crippen molar-refractivity contribution in [2.75, 3.05) is 11.9 Å². The van der Waals surface area contributed by atoms with E-state index in [0.717, 1.165) is 0 Å². The number of nitrogens with one attached hydrogen (secondary N) is 1. The summed E-state index contributed by atoms with van der Waals surface area (Å²) in [5.74, 6) is -0.509. The Morgan fingerprint density at radius 1 is 1.22 bits per heavy atom. The van der Waals surface area contributed by atoms with Gasteiger partial charge in [-0.3, -0.25) is 4.79 Å². The van der Waals surface area contributed by atoms with Crippen molar-refractivity contribution in [1.82, 2.24) is 20.2 Å². The fourth-order valence-corrected chi connectivity index (χ4v) is 2.32. The monoisotopic (exact) mass is 375 g/mol. The molecule has 0 spiro atoms. The first-order valence-electron chi connectivity index (χ1n) is 7.93. The van der Waals surface area contributed by atoms with Crippen LogP contribution < -0.4 is 14.8 Å². The predicted molar refractivity (Wildman–Crippen MR) is 91.4 cm³/mol. The first-order chi connectivity index (χ1) is 13.1. The number of nitrogens with zero attached hydrogens (tertiary/aromatic N) is 4. The van der Waals surface area contributed by atoms with Gasteiger partial charge in [-0.1, -0.05) is 6.07 Å². The summed E-state index contributed by atoms with van der Waals surface area (Å²) in [4.78, 5) is 12.5. The van der Waals surface area contributed by atoms with Crippen LogP contribution in [0.3, 0.4) is 0 Å². The van der Waals surface area contributed by atoms with Gasteiger partial charge in [-0.05, 0) is 53.7 Å². The van der Waals surface area contributed by atoms with Crippen LogP contribution in [-0.4, -0.2) is 39.3 Å². The van der Waals surface area contributed by atoms with Crippen LogP contribution in [0.4, 0.5) is 14.5 Å². The third-order valence-electron chi connectivity index (χ3n) is 3.44. The molecule has 1 heterocycles. The Labute approximate surface area is 152 Å². The van der Waals surface area contributed by atoms with E-state index < -0.39 is 12.5 Å². The summed E-state index contributed by atoms with van der Waals surface area (Å²) in [6.45, 7) is -1.06. The second-order valence-electron chi connectivity index (χ2n) is 5.23. The van der Waals surface area contributed by atoms with Crippen molar-refractivity contribution in [2.45, 2.75) is 13.5 Å². The lowest BCUT2D eigenvalue weighted by Crippen LogP contribution is -2.13. The van der Waals surface area contributed by atoms with Gasteiger partial charge >= 0.3 is 6.61 Å². The molecule has 0 atom stereocenters. The Bertz CT molecular complexity index is 919. The zero-order chi connectivity index (χ0) is 19.2. The molecular weight excluding hydrogens is 360 g/mol. The molecular formula is C17H15F2N5O3. The molecule has 10 heteroatoms. The average molecular weight is 375 g/mol. The third-order valence-corrected chi connectivity index (χ3v) is 3.44. The van der Waals surface area contributed by atoms with Gasteiger partial charge < -0.3 is 14.8 Å². The largest absolute Gasteiger partial charge is 0.490 e. The van der Waals surface area contributed by atoms with Gasteiger partial charge in [0, 0.05) is 11.3 Å². The van der Waals surface area contributed by atoms with Crippen LogP contribution >= 0.6 is 0 Å². The van der Waals surface area contributed by atoms with Gasteiger partial charge in [0.2, 0.25) is 0 Å². The Balaban J connectivity index is 1.80. The van der Waals surface area contributed by atoms with E-state index in [1.54, 1.807) is 31.2 Å². The second kappa shape index (κ2) is 8.21. The first-order valence-corrected chi connectivity index (χ1v) is 7.93. The van der Waals surface area contributed by atoms with E-state index >= 15 is 0 Å². The van der Waals surface area contributed by atoms with Crippen molar-refractivity contribution in [2.24, 2.45) is 0 Å². The first kappa shape index (κ1) is 18.2. The highest BCUT2D eigenvalue weighted by Gasteiger charge is 2.15. The van der Waals surface area contributed by atoms with E-state index in [0.29, 0.717) is 11.4 Å². The maximum atomic E-state index is 12.5. The summed E-state index contributed by atoms with van der Waals surface area (Å²) in [5, 5.41) is 13.6. The van der Waals surface area contributed by atoms with Gasteiger partial charge in [-0.15, -0.1) is 5.10 Å². The normalized spacial score (nSPS) is 10.7. The van der Waals surface area contributed by atoms with Gasteiger partial charge in [-0.25, -0.2) is 4.68 Å². The Hall–Kier alpha value is -3.56. The number of hydrogen-bond acceptors (Lipinski definition) is 6. The maximum absolute atomic E-state index is 12.5. The van der Waals surface area contributed by atoms with E-state index in [1.807, 2.05) is 0 Å². The molecule has 0 bridgehead atoms. The number of rotatable bonds is 7. The summed E-state index contributed by atoms with van der Waals surface area (Å²) in [6, 6.07) is 10.9. The Morgan fingerprint density at radius 3 is 2.78 bits per heavy atom. The van der Waals surface area contributed by atoms with E-state index in [-0.39, 0.29) is 23.7 Å². The molecule has 140 valence electrons. The van der Waals surface area contributed by atoms with Crippen molar-refractivity contribution in [1.29, 1.82) is 0 Å². The molecule has 0 radical (unpaired) electrons. The molecule has 3 aromatic rings. The zero-order valence-electron chi connectivity index (χ0n) is 14.2. The highest BCUT2D eigenvalue weighted by atomic mass is 19.3. The minimum atomic E-state index is -2.99. The molecule has 0 saturated carbocycles. The summed E-state index contributed by atoms with van der Waals surface area (Å²) >= 11 is 0.